The van der Waals surface area contributed by atoms with Crippen molar-refractivity contribution in [3.05, 3.63) is 101 Å². The van der Waals surface area contributed by atoms with E-state index in [2.05, 4.69) is 46.1 Å². The summed E-state index contributed by atoms with van der Waals surface area (Å²) in [5.74, 6) is 2.17. The largest absolute Gasteiger partial charge is 0.465 e. The number of benzene rings is 2. The number of hydrogen-bond donors (Lipinski definition) is 1. The summed E-state index contributed by atoms with van der Waals surface area (Å²) in [5, 5.41) is 4.73. The van der Waals surface area contributed by atoms with E-state index in [0.29, 0.717) is 39.1 Å². The predicted molar refractivity (Wildman–Crippen MR) is 170 cm³/mol. The number of pyridine rings is 1. The van der Waals surface area contributed by atoms with Gasteiger partial charge in [0.15, 0.2) is 5.11 Å². The fraction of sp³-hybridized carbons (Fsp3) is 0.303. The zero-order valence-corrected chi connectivity index (χ0v) is 25.4. The first kappa shape index (κ1) is 28.2. The Morgan fingerprint density at radius 2 is 1.86 bits per heavy atom. The van der Waals surface area contributed by atoms with E-state index in [1.165, 1.54) is 13.5 Å². The van der Waals surface area contributed by atoms with Crippen molar-refractivity contribution >= 4 is 46.3 Å². The van der Waals surface area contributed by atoms with Crippen molar-refractivity contribution in [2.24, 2.45) is 11.8 Å². The molecule has 0 radical (unpaired) electrons. The summed E-state index contributed by atoms with van der Waals surface area (Å²) < 4.78 is 11.4. The molecule has 2 saturated heterocycles. The monoisotopic (exact) mass is 600 g/mol. The molecule has 0 bridgehead atoms. The summed E-state index contributed by atoms with van der Waals surface area (Å²) in [7, 11) is 1.37. The lowest BCUT2D eigenvalue weighted by Crippen LogP contribution is -2.38. The van der Waals surface area contributed by atoms with Gasteiger partial charge >= 0.3 is 5.97 Å². The first-order chi connectivity index (χ1) is 20.3. The third kappa shape index (κ3) is 5.49. The molecule has 0 aliphatic carbocycles. The topological polar surface area (TPSA) is 70.8 Å². The molecule has 4 aromatic rings. The quantitative estimate of drug-likeness (QED) is 0.181. The number of halogens is 1. The van der Waals surface area contributed by atoms with Gasteiger partial charge in [0.05, 0.1) is 35.1 Å². The number of hydrogen-bond acceptors (Lipinski definition) is 6. The van der Waals surface area contributed by atoms with E-state index < -0.39 is 5.97 Å². The molecular weight excluding hydrogens is 568 g/mol. The second kappa shape index (κ2) is 11.8. The molecule has 1 N–H and O–H groups in total. The Labute approximate surface area is 256 Å². The molecule has 0 saturated carbocycles. The summed E-state index contributed by atoms with van der Waals surface area (Å²) in [4.78, 5) is 21.2. The molecule has 7 nitrogen and oxygen atoms in total. The Kier molecular flexibility index (Phi) is 7.92. The van der Waals surface area contributed by atoms with Crippen LogP contribution >= 0.6 is 23.8 Å². The number of esters is 1. The highest BCUT2D eigenvalue weighted by atomic mass is 35.5. The number of carbonyl (C=O) groups excluding carboxylic acids is 1. The van der Waals surface area contributed by atoms with Gasteiger partial charge in [-0.05, 0) is 85.1 Å². The maximum absolute atomic E-state index is 12.1. The van der Waals surface area contributed by atoms with Gasteiger partial charge in [0.1, 0.15) is 17.6 Å². The van der Waals surface area contributed by atoms with Crippen LogP contribution in [0.5, 0.6) is 0 Å². The molecule has 0 amide bonds. The summed E-state index contributed by atoms with van der Waals surface area (Å²) >= 11 is 12.9. The van der Waals surface area contributed by atoms with Crippen LogP contribution in [-0.2, 0) is 4.74 Å². The zero-order valence-electron chi connectivity index (χ0n) is 23.8. The average molecular weight is 601 g/mol. The fourth-order valence-electron chi connectivity index (χ4n) is 6.27. The summed E-state index contributed by atoms with van der Waals surface area (Å²) in [6, 6.07) is 22.5. The third-order valence-electron chi connectivity index (χ3n) is 8.00. The predicted octanol–water partition coefficient (Wildman–Crippen LogP) is 7.44. The van der Waals surface area contributed by atoms with Crippen LogP contribution < -0.4 is 15.1 Å². The van der Waals surface area contributed by atoms with Gasteiger partial charge in [-0.1, -0.05) is 43.6 Å². The van der Waals surface area contributed by atoms with E-state index in [1.54, 1.807) is 18.3 Å². The smallest absolute Gasteiger partial charge is 0.337 e. The van der Waals surface area contributed by atoms with Crippen molar-refractivity contribution in [1.29, 1.82) is 0 Å². The van der Waals surface area contributed by atoms with Crippen molar-refractivity contribution in [3.63, 3.8) is 0 Å². The van der Waals surface area contributed by atoms with E-state index in [0.717, 1.165) is 35.7 Å². The van der Waals surface area contributed by atoms with Gasteiger partial charge in [0, 0.05) is 30.5 Å². The Hall–Kier alpha value is -3.88. The van der Waals surface area contributed by atoms with Gasteiger partial charge in [-0.2, -0.15) is 0 Å². The second-order valence-corrected chi connectivity index (χ2v) is 12.1. The van der Waals surface area contributed by atoms with E-state index in [9.17, 15) is 4.79 Å². The molecule has 4 unspecified atom stereocenters. The highest BCUT2D eigenvalue weighted by Gasteiger charge is 2.43. The van der Waals surface area contributed by atoms with Gasteiger partial charge in [0.2, 0.25) is 0 Å². The fourth-order valence-corrected chi connectivity index (χ4v) is 6.91. The van der Waals surface area contributed by atoms with Crippen molar-refractivity contribution in [3.8, 4) is 11.3 Å². The maximum atomic E-state index is 12.1. The minimum absolute atomic E-state index is 0.263. The molecule has 4 heterocycles. The molecular formula is C33H33ClN4O3S. The number of nitrogens with zero attached hydrogens (tertiary/aromatic N) is 3. The van der Waals surface area contributed by atoms with Gasteiger partial charge in [-0.15, -0.1) is 0 Å². The molecule has 2 aliphatic heterocycles. The van der Waals surface area contributed by atoms with Crippen molar-refractivity contribution < 1.29 is 13.9 Å². The minimum atomic E-state index is -0.399. The third-order valence-corrected chi connectivity index (χ3v) is 8.62. The molecule has 2 aromatic carbocycles. The molecule has 2 aliphatic rings. The summed E-state index contributed by atoms with van der Waals surface area (Å²) in [6.45, 7) is 6.57. The lowest BCUT2D eigenvalue weighted by atomic mass is 9.91. The van der Waals surface area contributed by atoms with E-state index in [4.69, 9.17) is 33.0 Å². The number of thiocarbonyl (C=S) groups is 1. The maximum Gasteiger partial charge on any atom is 0.337 e. The molecule has 2 fully saturated rings. The molecule has 216 valence electrons. The van der Waals surface area contributed by atoms with Crippen LogP contribution in [0.1, 0.15) is 54.2 Å². The molecule has 9 heteroatoms. The number of methoxy groups -OCH3 is 1. The first-order valence-electron chi connectivity index (χ1n) is 14.2. The van der Waals surface area contributed by atoms with Crippen LogP contribution in [0.2, 0.25) is 5.02 Å². The van der Waals surface area contributed by atoms with Gasteiger partial charge in [-0.3, -0.25) is 4.98 Å². The molecule has 6 rings (SSSR count). The van der Waals surface area contributed by atoms with Crippen LogP contribution in [0.4, 0.5) is 11.4 Å². The number of anilines is 2. The Bertz CT molecular complexity index is 1600. The SMILES string of the molecule is COC(=O)c1cccc(-c2ccc(C3C(c4ccccn4)NC(=S)N3c3ccc(N4CC(C)CC(C)C4)c(Cl)c3)o2)c1. The highest BCUT2D eigenvalue weighted by Crippen LogP contribution is 2.44. The van der Waals surface area contributed by atoms with Crippen molar-refractivity contribution in [2.75, 3.05) is 30.0 Å². The Morgan fingerprint density at radius 1 is 1.05 bits per heavy atom. The van der Waals surface area contributed by atoms with Gasteiger partial charge in [0.25, 0.3) is 0 Å². The summed E-state index contributed by atoms with van der Waals surface area (Å²) in [5.41, 5.74) is 3.98. The summed E-state index contributed by atoms with van der Waals surface area (Å²) in [6.07, 6.45) is 3.01. The van der Waals surface area contributed by atoms with Crippen LogP contribution in [0, 0.1) is 11.8 Å². The van der Waals surface area contributed by atoms with Crippen LogP contribution in [0.25, 0.3) is 11.3 Å². The number of ether oxygens (including phenoxy) is 1. The number of piperidine rings is 1. The van der Waals surface area contributed by atoms with E-state index in [-0.39, 0.29) is 12.1 Å². The van der Waals surface area contributed by atoms with Crippen LogP contribution in [0.15, 0.2) is 83.4 Å². The molecule has 4 atom stereocenters. The van der Waals surface area contributed by atoms with Gasteiger partial charge in [-0.25, -0.2) is 4.79 Å². The molecule has 0 spiro atoms. The van der Waals surface area contributed by atoms with Crippen LogP contribution in [0.3, 0.4) is 0 Å². The van der Waals surface area contributed by atoms with E-state index >= 15 is 0 Å². The van der Waals surface area contributed by atoms with Crippen LogP contribution in [-0.4, -0.2) is 36.3 Å². The van der Waals surface area contributed by atoms with Gasteiger partial charge < -0.3 is 24.3 Å². The molecule has 2 aromatic heterocycles. The standard InChI is InChI=1S/C33H33ClN4O3S/c1-20-15-21(2)19-37(18-20)27-11-10-24(17-25(27)34)38-31(30(36-33(38)42)26-9-4-5-14-35-26)29-13-12-28(41-29)22-7-6-8-23(16-22)32(39)40-3/h4-14,16-17,20-21,30-31H,15,18-19H2,1-3H3,(H,36,42). The highest BCUT2D eigenvalue weighted by molar-refractivity contribution is 7.80. The van der Waals surface area contributed by atoms with E-state index in [1.807, 2.05) is 48.5 Å². The Morgan fingerprint density at radius 3 is 2.57 bits per heavy atom. The second-order valence-electron chi connectivity index (χ2n) is 11.3. The molecule has 42 heavy (non-hydrogen) atoms. The number of rotatable bonds is 6. The average Bonchev–Trinajstić information content (AvgIpc) is 3.61. The van der Waals surface area contributed by atoms with Crippen molar-refractivity contribution in [2.45, 2.75) is 32.4 Å². The lowest BCUT2D eigenvalue weighted by Gasteiger charge is -2.37. The number of furan rings is 1. The van der Waals surface area contributed by atoms with Crippen molar-refractivity contribution in [1.82, 2.24) is 10.3 Å². The first-order valence-corrected chi connectivity index (χ1v) is 14.9. The minimum Gasteiger partial charge on any atom is -0.465 e. The lowest BCUT2D eigenvalue weighted by molar-refractivity contribution is 0.0601. The number of nitrogens with one attached hydrogen (secondary N) is 1. The number of aromatic nitrogens is 1. The normalized spacial score (nSPS) is 22.2. The number of carbonyl (C=O) groups is 1. The zero-order chi connectivity index (χ0) is 29.4. The Balaban J connectivity index is 1.38.